The van der Waals surface area contributed by atoms with E-state index >= 15 is 0 Å². The van der Waals surface area contributed by atoms with Gasteiger partial charge in [0, 0.05) is 36.8 Å². The van der Waals surface area contributed by atoms with E-state index in [2.05, 4.69) is 47.8 Å². The van der Waals surface area contributed by atoms with E-state index in [1.165, 1.54) is 4.88 Å². The molecule has 0 spiro atoms. The number of piperidine rings is 1. The molecule has 0 aliphatic carbocycles. The van der Waals surface area contributed by atoms with Crippen molar-refractivity contribution in [2.75, 3.05) is 32.7 Å². The van der Waals surface area contributed by atoms with E-state index in [-0.39, 0.29) is 5.91 Å². The molecule has 5 nitrogen and oxygen atoms in total. The Morgan fingerprint density at radius 2 is 2.22 bits per heavy atom. The van der Waals surface area contributed by atoms with E-state index < -0.39 is 0 Å². The topological polar surface area (TPSA) is 48.5 Å². The molecule has 1 aliphatic heterocycles. The second-order valence-corrected chi connectivity index (χ2v) is 7.80. The third kappa shape index (κ3) is 5.55. The Balaban J connectivity index is 1.78. The maximum Gasteiger partial charge on any atom is 0.234 e. The van der Waals surface area contributed by atoms with Crippen molar-refractivity contribution < 1.29 is 4.79 Å². The van der Waals surface area contributed by atoms with Gasteiger partial charge in [-0.2, -0.15) is 0 Å². The van der Waals surface area contributed by atoms with E-state index in [4.69, 9.17) is 0 Å². The van der Waals surface area contributed by atoms with Crippen LogP contribution in [0.15, 0.2) is 6.20 Å². The quantitative estimate of drug-likeness (QED) is 0.827. The van der Waals surface area contributed by atoms with Gasteiger partial charge >= 0.3 is 0 Å². The molecule has 2 heterocycles. The first kappa shape index (κ1) is 18.4. The number of thiazole rings is 1. The van der Waals surface area contributed by atoms with Crippen molar-refractivity contribution in [2.24, 2.45) is 5.92 Å². The molecule has 6 heteroatoms. The molecular formula is C17H30N4OS. The summed E-state index contributed by atoms with van der Waals surface area (Å²) in [5.41, 5.74) is 0. The van der Waals surface area contributed by atoms with Crippen molar-refractivity contribution in [3.05, 3.63) is 16.1 Å². The van der Waals surface area contributed by atoms with Crippen LogP contribution < -0.4 is 5.32 Å². The second kappa shape index (κ2) is 8.76. The van der Waals surface area contributed by atoms with Gasteiger partial charge in [-0.15, -0.1) is 11.3 Å². The summed E-state index contributed by atoms with van der Waals surface area (Å²) in [4.78, 5) is 22.5. The van der Waals surface area contributed by atoms with Crippen molar-refractivity contribution in [3.8, 4) is 0 Å². The zero-order valence-corrected chi connectivity index (χ0v) is 15.7. The molecule has 1 aromatic rings. The van der Waals surface area contributed by atoms with Crippen molar-refractivity contribution in [1.82, 2.24) is 20.1 Å². The van der Waals surface area contributed by atoms with E-state index in [0.29, 0.717) is 18.5 Å². The van der Waals surface area contributed by atoms with Crippen LogP contribution in [-0.2, 0) is 11.3 Å². The van der Waals surface area contributed by atoms with Gasteiger partial charge in [0.2, 0.25) is 5.91 Å². The van der Waals surface area contributed by atoms with Gasteiger partial charge in [-0.25, -0.2) is 4.98 Å². The summed E-state index contributed by atoms with van der Waals surface area (Å²) < 4.78 is 0. The number of amides is 1. The molecule has 1 saturated heterocycles. The van der Waals surface area contributed by atoms with E-state index in [1.54, 1.807) is 11.3 Å². The van der Waals surface area contributed by atoms with Crippen LogP contribution in [0.2, 0.25) is 0 Å². The Morgan fingerprint density at radius 3 is 2.78 bits per heavy atom. The largest absolute Gasteiger partial charge is 0.352 e. The minimum Gasteiger partial charge on any atom is -0.352 e. The molecule has 1 N–H and O–H groups in total. The fourth-order valence-corrected chi connectivity index (χ4v) is 4.03. The molecule has 23 heavy (non-hydrogen) atoms. The number of hydrogen-bond donors (Lipinski definition) is 1. The molecule has 2 rings (SSSR count). The van der Waals surface area contributed by atoms with Crippen LogP contribution in [0.4, 0.5) is 0 Å². The molecular weight excluding hydrogens is 308 g/mol. The van der Waals surface area contributed by atoms with Crippen molar-refractivity contribution in [3.63, 3.8) is 0 Å². The highest BCUT2D eigenvalue weighted by Crippen LogP contribution is 2.21. The summed E-state index contributed by atoms with van der Waals surface area (Å²) in [6.07, 6.45) is 3.02. The lowest BCUT2D eigenvalue weighted by Crippen LogP contribution is -2.51. The molecule has 0 saturated carbocycles. The molecule has 0 bridgehead atoms. The van der Waals surface area contributed by atoms with Crippen molar-refractivity contribution in [2.45, 2.75) is 46.7 Å². The molecule has 2 atom stereocenters. The Morgan fingerprint density at radius 1 is 1.48 bits per heavy atom. The Hall–Kier alpha value is -0.980. The Labute approximate surface area is 144 Å². The van der Waals surface area contributed by atoms with Crippen molar-refractivity contribution >= 4 is 17.2 Å². The fraction of sp³-hybridized carbons (Fsp3) is 0.765. The van der Waals surface area contributed by atoms with Gasteiger partial charge in [-0.05, 0) is 32.4 Å². The fourth-order valence-electron chi connectivity index (χ4n) is 3.19. The second-order valence-electron chi connectivity index (χ2n) is 6.48. The lowest BCUT2D eigenvalue weighted by Gasteiger charge is -2.37. The number of rotatable bonds is 7. The highest BCUT2D eigenvalue weighted by atomic mass is 32.1. The van der Waals surface area contributed by atoms with Crippen LogP contribution in [0.1, 0.15) is 37.1 Å². The van der Waals surface area contributed by atoms with Gasteiger partial charge in [0.15, 0.2) is 0 Å². The standard InChI is InChI=1S/C17H30N4OS/c1-5-20(6-2)12-17(22)19-16-7-8-21(10-13(16)3)11-15-9-18-14(4)23-15/h9,13,16H,5-8,10-12H2,1-4H3,(H,19,22). The first-order valence-electron chi connectivity index (χ1n) is 8.67. The summed E-state index contributed by atoms with van der Waals surface area (Å²) in [6.45, 7) is 13.9. The lowest BCUT2D eigenvalue weighted by atomic mass is 9.93. The smallest absolute Gasteiger partial charge is 0.234 e. The number of likely N-dealkylation sites (N-methyl/N-ethyl adjacent to an activating group) is 1. The van der Waals surface area contributed by atoms with Crippen LogP contribution in [-0.4, -0.2) is 59.5 Å². The molecule has 130 valence electrons. The summed E-state index contributed by atoms with van der Waals surface area (Å²) in [5.74, 6) is 0.649. The number of aryl methyl sites for hydroxylation is 1. The van der Waals surface area contributed by atoms with Crippen LogP contribution >= 0.6 is 11.3 Å². The molecule has 1 amide bonds. The number of aromatic nitrogens is 1. The van der Waals surface area contributed by atoms with Gasteiger partial charge in [-0.3, -0.25) is 14.6 Å². The monoisotopic (exact) mass is 338 g/mol. The average Bonchev–Trinajstić information content (AvgIpc) is 2.92. The number of nitrogens with zero attached hydrogens (tertiary/aromatic N) is 3. The molecule has 0 aromatic carbocycles. The summed E-state index contributed by atoms with van der Waals surface area (Å²) in [7, 11) is 0. The molecule has 1 aliphatic rings. The number of carbonyl (C=O) groups excluding carboxylic acids is 1. The minimum atomic E-state index is 0.164. The average molecular weight is 339 g/mol. The van der Waals surface area contributed by atoms with Gasteiger partial charge in [-0.1, -0.05) is 20.8 Å². The Kier molecular flexibility index (Phi) is 6.99. The maximum absolute atomic E-state index is 12.2. The van der Waals surface area contributed by atoms with E-state index in [9.17, 15) is 4.79 Å². The number of hydrogen-bond acceptors (Lipinski definition) is 5. The zero-order chi connectivity index (χ0) is 16.8. The number of nitrogens with one attached hydrogen (secondary N) is 1. The van der Waals surface area contributed by atoms with Crippen LogP contribution in [0.5, 0.6) is 0 Å². The number of carbonyl (C=O) groups is 1. The normalized spacial score (nSPS) is 22.5. The lowest BCUT2D eigenvalue weighted by molar-refractivity contribution is -0.123. The minimum absolute atomic E-state index is 0.164. The SMILES string of the molecule is CCN(CC)CC(=O)NC1CCN(Cc2cnc(C)s2)CC1C. The molecule has 1 aromatic heterocycles. The van der Waals surface area contributed by atoms with Crippen LogP contribution in [0.25, 0.3) is 0 Å². The van der Waals surface area contributed by atoms with Gasteiger partial charge < -0.3 is 5.32 Å². The van der Waals surface area contributed by atoms with Crippen molar-refractivity contribution in [1.29, 1.82) is 0 Å². The van der Waals surface area contributed by atoms with E-state index in [1.807, 2.05) is 6.20 Å². The number of likely N-dealkylation sites (tertiary alicyclic amines) is 1. The summed E-state index contributed by atoms with van der Waals surface area (Å²) >= 11 is 1.78. The summed E-state index contributed by atoms with van der Waals surface area (Å²) in [5, 5.41) is 4.37. The molecule has 1 fully saturated rings. The molecule has 0 radical (unpaired) electrons. The Bertz CT molecular complexity index is 501. The highest BCUT2D eigenvalue weighted by Gasteiger charge is 2.27. The van der Waals surface area contributed by atoms with E-state index in [0.717, 1.165) is 44.2 Å². The highest BCUT2D eigenvalue weighted by molar-refractivity contribution is 7.11. The molecule has 2 unspecified atom stereocenters. The van der Waals surface area contributed by atoms with Crippen LogP contribution in [0, 0.1) is 12.8 Å². The third-order valence-corrected chi connectivity index (χ3v) is 5.54. The first-order chi connectivity index (χ1) is 11.0. The zero-order valence-electron chi connectivity index (χ0n) is 14.8. The van der Waals surface area contributed by atoms with Crippen LogP contribution in [0.3, 0.4) is 0 Å². The first-order valence-corrected chi connectivity index (χ1v) is 9.48. The van der Waals surface area contributed by atoms with Gasteiger partial charge in [0.25, 0.3) is 0 Å². The predicted octanol–water partition coefficient (Wildman–Crippen LogP) is 2.12. The maximum atomic E-state index is 12.2. The van der Waals surface area contributed by atoms with Gasteiger partial charge in [0.1, 0.15) is 0 Å². The summed E-state index contributed by atoms with van der Waals surface area (Å²) in [6, 6.07) is 0.303. The predicted molar refractivity (Wildman–Crippen MR) is 95.6 cm³/mol. The third-order valence-electron chi connectivity index (χ3n) is 4.65. The van der Waals surface area contributed by atoms with Gasteiger partial charge in [0.05, 0.1) is 11.6 Å².